The van der Waals surface area contributed by atoms with Crippen LogP contribution in [0, 0.1) is 0 Å². The Labute approximate surface area is 112 Å². The Morgan fingerprint density at radius 3 is 2.33 bits per heavy atom. The van der Waals surface area contributed by atoms with Crippen molar-refractivity contribution in [1.29, 1.82) is 0 Å². The van der Waals surface area contributed by atoms with Crippen molar-refractivity contribution in [2.75, 3.05) is 0 Å². The third kappa shape index (κ3) is 2.71. The maximum atomic E-state index is 5.87. The van der Waals surface area contributed by atoms with E-state index in [0.717, 1.165) is 28.7 Å². The second-order valence-corrected chi connectivity index (χ2v) is 4.94. The van der Waals surface area contributed by atoms with E-state index in [2.05, 4.69) is 28.6 Å². The average Bonchev–Trinajstić information content (AvgIpc) is 2.75. The van der Waals surface area contributed by atoms with E-state index in [1.54, 1.807) is 0 Å². The number of aromatic nitrogens is 3. The summed E-state index contributed by atoms with van der Waals surface area (Å²) in [7, 11) is 0. The van der Waals surface area contributed by atoms with Crippen LogP contribution in [0.2, 0.25) is 5.02 Å². The molecule has 18 heavy (non-hydrogen) atoms. The fourth-order valence-electron chi connectivity index (χ4n) is 2.00. The van der Waals surface area contributed by atoms with Gasteiger partial charge in [0.1, 0.15) is 11.6 Å². The number of nitrogens with two attached hydrogens (primary N) is 1. The molecule has 0 aliphatic heterocycles. The third-order valence-electron chi connectivity index (χ3n) is 2.81. The Balaban J connectivity index is 2.28. The molecule has 0 atom stereocenters. The monoisotopic (exact) mass is 264 g/mol. The summed E-state index contributed by atoms with van der Waals surface area (Å²) in [5.41, 5.74) is 6.84. The van der Waals surface area contributed by atoms with Gasteiger partial charge in [-0.25, -0.2) is 0 Å². The smallest absolute Gasteiger partial charge is 0.147 e. The van der Waals surface area contributed by atoms with E-state index in [0.29, 0.717) is 12.6 Å². The zero-order chi connectivity index (χ0) is 13.1. The molecule has 2 N–H and O–H groups in total. The van der Waals surface area contributed by atoms with Crippen molar-refractivity contribution in [1.82, 2.24) is 14.8 Å². The Morgan fingerprint density at radius 2 is 1.78 bits per heavy atom. The van der Waals surface area contributed by atoms with Crippen molar-refractivity contribution in [2.45, 2.75) is 32.9 Å². The molecule has 0 fully saturated rings. The minimum absolute atomic E-state index is 0.306. The molecule has 4 nitrogen and oxygen atoms in total. The summed E-state index contributed by atoms with van der Waals surface area (Å²) in [5.74, 6) is 1.77. The minimum atomic E-state index is 0.306. The molecule has 0 bridgehead atoms. The summed E-state index contributed by atoms with van der Waals surface area (Å²) in [6.07, 6.45) is 0.738. The summed E-state index contributed by atoms with van der Waals surface area (Å²) in [6, 6.07) is 8.09. The van der Waals surface area contributed by atoms with Crippen LogP contribution in [0.3, 0.4) is 0 Å². The largest absolute Gasteiger partial charge is 0.324 e. The molecule has 1 aromatic carbocycles. The molecule has 0 saturated carbocycles. The number of benzene rings is 1. The molecule has 0 saturated heterocycles. The van der Waals surface area contributed by atoms with Crippen LogP contribution in [0.5, 0.6) is 0 Å². The molecule has 1 aromatic heterocycles. The summed E-state index contributed by atoms with van der Waals surface area (Å²) >= 11 is 5.87. The second kappa shape index (κ2) is 5.50. The molecule has 0 radical (unpaired) electrons. The molecule has 0 unspecified atom stereocenters. The van der Waals surface area contributed by atoms with E-state index in [1.807, 2.05) is 24.3 Å². The molecule has 5 heteroatoms. The SMILES string of the molecule is CC(C)n1c(CN)nnc1Cc1ccc(Cl)cc1. The molecular weight excluding hydrogens is 248 g/mol. The predicted octanol–water partition coefficient (Wildman–Crippen LogP) is 2.56. The molecule has 0 aliphatic carbocycles. The van der Waals surface area contributed by atoms with Crippen molar-refractivity contribution in [3.05, 3.63) is 46.5 Å². The Morgan fingerprint density at radius 1 is 1.17 bits per heavy atom. The summed E-state index contributed by atoms with van der Waals surface area (Å²) in [4.78, 5) is 0. The zero-order valence-corrected chi connectivity index (χ0v) is 11.4. The molecule has 0 aliphatic rings. The lowest BCUT2D eigenvalue weighted by Gasteiger charge is -2.13. The van der Waals surface area contributed by atoms with Gasteiger partial charge in [-0.2, -0.15) is 0 Å². The highest BCUT2D eigenvalue weighted by Gasteiger charge is 2.13. The van der Waals surface area contributed by atoms with Gasteiger partial charge in [0.15, 0.2) is 0 Å². The highest BCUT2D eigenvalue weighted by molar-refractivity contribution is 6.30. The van der Waals surface area contributed by atoms with Crippen LogP contribution in [0.4, 0.5) is 0 Å². The number of hydrogen-bond donors (Lipinski definition) is 1. The molecule has 2 rings (SSSR count). The average molecular weight is 265 g/mol. The first kappa shape index (κ1) is 13.1. The van der Waals surface area contributed by atoms with E-state index >= 15 is 0 Å². The summed E-state index contributed by atoms with van der Waals surface area (Å²) in [6.45, 7) is 4.62. The Kier molecular flexibility index (Phi) is 3.99. The summed E-state index contributed by atoms with van der Waals surface area (Å²) in [5, 5.41) is 9.10. The Hall–Kier alpha value is -1.39. The van der Waals surface area contributed by atoms with Gasteiger partial charge in [0.05, 0.1) is 6.54 Å². The number of nitrogens with zero attached hydrogens (tertiary/aromatic N) is 3. The van der Waals surface area contributed by atoms with Crippen molar-refractivity contribution in [3.8, 4) is 0 Å². The Bertz CT molecular complexity index is 516. The molecule has 0 amide bonds. The van der Waals surface area contributed by atoms with Crippen LogP contribution in [-0.4, -0.2) is 14.8 Å². The van der Waals surface area contributed by atoms with E-state index in [1.165, 1.54) is 0 Å². The van der Waals surface area contributed by atoms with Gasteiger partial charge in [-0.15, -0.1) is 10.2 Å². The summed E-state index contributed by atoms with van der Waals surface area (Å²) < 4.78 is 2.09. The quantitative estimate of drug-likeness (QED) is 0.923. The van der Waals surface area contributed by atoms with E-state index in [-0.39, 0.29) is 0 Å². The number of hydrogen-bond acceptors (Lipinski definition) is 3. The topological polar surface area (TPSA) is 56.7 Å². The lowest BCUT2D eigenvalue weighted by Crippen LogP contribution is -2.13. The molecule has 1 heterocycles. The molecule has 96 valence electrons. The van der Waals surface area contributed by atoms with Crippen molar-refractivity contribution in [2.24, 2.45) is 5.73 Å². The predicted molar refractivity (Wildman–Crippen MR) is 72.6 cm³/mol. The fourth-order valence-corrected chi connectivity index (χ4v) is 2.13. The standard InChI is InChI=1S/C13H17ClN4/c1-9(2)18-12(16-17-13(18)8-15)7-10-3-5-11(14)6-4-10/h3-6,9H,7-8,15H2,1-2H3. The van der Waals surface area contributed by atoms with Gasteiger partial charge in [0.25, 0.3) is 0 Å². The van der Waals surface area contributed by atoms with Crippen LogP contribution in [0.15, 0.2) is 24.3 Å². The second-order valence-electron chi connectivity index (χ2n) is 4.50. The van der Waals surface area contributed by atoms with Crippen LogP contribution in [0.25, 0.3) is 0 Å². The van der Waals surface area contributed by atoms with Crippen LogP contribution in [-0.2, 0) is 13.0 Å². The fraction of sp³-hybridized carbons (Fsp3) is 0.385. The minimum Gasteiger partial charge on any atom is -0.324 e. The maximum Gasteiger partial charge on any atom is 0.147 e. The van der Waals surface area contributed by atoms with E-state index in [4.69, 9.17) is 17.3 Å². The third-order valence-corrected chi connectivity index (χ3v) is 3.06. The van der Waals surface area contributed by atoms with Crippen molar-refractivity contribution < 1.29 is 0 Å². The van der Waals surface area contributed by atoms with Gasteiger partial charge >= 0.3 is 0 Å². The highest BCUT2D eigenvalue weighted by atomic mass is 35.5. The van der Waals surface area contributed by atoms with Gasteiger partial charge in [-0.3, -0.25) is 0 Å². The van der Waals surface area contributed by atoms with Crippen LogP contribution < -0.4 is 5.73 Å². The first-order valence-electron chi connectivity index (χ1n) is 5.99. The van der Waals surface area contributed by atoms with Gasteiger partial charge in [-0.1, -0.05) is 23.7 Å². The van der Waals surface area contributed by atoms with Gasteiger partial charge < -0.3 is 10.3 Å². The van der Waals surface area contributed by atoms with E-state index < -0.39 is 0 Å². The molecular formula is C13H17ClN4. The number of halogens is 1. The van der Waals surface area contributed by atoms with Crippen LogP contribution in [0.1, 0.15) is 37.1 Å². The normalized spacial score (nSPS) is 11.2. The van der Waals surface area contributed by atoms with Gasteiger partial charge in [0, 0.05) is 17.5 Å². The number of rotatable bonds is 4. The van der Waals surface area contributed by atoms with Gasteiger partial charge in [0.2, 0.25) is 0 Å². The lowest BCUT2D eigenvalue weighted by molar-refractivity contribution is 0.548. The van der Waals surface area contributed by atoms with Crippen molar-refractivity contribution in [3.63, 3.8) is 0 Å². The van der Waals surface area contributed by atoms with E-state index in [9.17, 15) is 0 Å². The van der Waals surface area contributed by atoms with Gasteiger partial charge in [-0.05, 0) is 31.5 Å². The highest BCUT2D eigenvalue weighted by Crippen LogP contribution is 2.16. The maximum absolute atomic E-state index is 5.87. The van der Waals surface area contributed by atoms with Crippen molar-refractivity contribution >= 4 is 11.6 Å². The zero-order valence-electron chi connectivity index (χ0n) is 10.6. The van der Waals surface area contributed by atoms with Crippen LogP contribution >= 0.6 is 11.6 Å². The first-order valence-corrected chi connectivity index (χ1v) is 6.36. The molecule has 2 aromatic rings. The lowest BCUT2D eigenvalue weighted by atomic mass is 10.1. The first-order chi connectivity index (χ1) is 8.61. The molecule has 0 spiro atoms.